The van der Waals surface area contributed by atoms with Gasteiger partial charge in [-0.15, -0.1) is 11.3 Å². The molecule has 0 aliphatic rings. The molecule has 0 bridgehead atoms. The minimum atomic E-state index is -3.90. The van der Waals surface area contributed by atoms with E-state index in [0.29, 0.717) is 0 Å². The molecule has 0 unspecified atom stereocenters. The van der Waals surface area contributed by atoms with Crippen molar-refractivity contribution < 1.29 is 18.3 Å². The van der Waals surface area contributed by atoms with Gasteiger partial charge < -0.3 is 10.1 Å². The highest BCUT2D eigenvalue weighted by atomic mass is 32.2. The van der Waals surface area contributed by atoms with Crippen molar-refractivity contribution in [1.82, 2.24) is 9.71 Å². The van der Waals surface area contributed by atoms with Crippen LogP contribution in [0.3, 0.4) is 0 Å². The van der Waals surface area contributed by atoms with Crippen molar-refractivity contribution in [2.45, 2.75) is 36.3 Å². The molecule has 2 heterocycles. The normalized spacial score (nSPS) is 13.7. The zero-order valence-corrected chi connectivity index (χ0v) is 17.9. The van der Waals surface area contributed by atoms with Gasteiger partial charge in [-0.3, -0.25) is 4.79 Å². The lowest BCUT2D eigenvalue weighted by molar-refractivity contribution is -0.138. The minimum absolute atomic E-state index is 0.0603. The number of carboxylic acid groups (broad SMARTS) is 1. The first-order valence-electron chi connectivity index (χ1n) is 8.48. The van der Waals surface area contributed by atoms with Crippen molar-refractivity contribution in [1.29, 1.82) is 0 Å². The summed E-state index contributed by atoms with van der Waals surface area (Å²) in [6.45, 7) is 6.42. The van der Waals surface area contributed by atoms with Crippen molar-refractivity contribution in [2.24, 2.45) is 0 Å². The third-order valence-electron chi connectivity index (χ3n) is 4.28. The lowest BCUT2D eigenvalue weighted by Gasteiger charge is -2.14. The summed E-state index contributed by atoms with van der Waals surface area (Å²) in [5, 5.41) is 10.5. The fraction of sp³-hybridized carbons (Fsp3) is 0.278. The van der Waals surface area contributed by atoms with Gasteiger partial charge in [0.2, 0.25) is 0 Å². The van der Waals surface area contributed by atoms with E-state index in [1.165, 1.54) is 11.3 Å². The number of nitrogens with one attached hydrogen (secondary N) is 2. The molecule has 9 heteroatoms. The number of fused-ring (bicyclic) bond motifs is 1. The van der Waals surface area contributed by atoms with Crippen LogP contribution in [-0.4, -0.2) is 38.6 Å². The van der Waals surface area contributed by atoms with Crippen molar-refractivity contribution >= 4 is 50.8 Å². The molecule has 0 saturated heterocycles. The van der Waals surface area contributed by atoms with Gasteiger partial charge in [0.25, 0.3) is 10.0 Å². The van der Waals surface area contributed by atoms with E-state index in [4.69, 9.17) is 0 Å². The Hall–Kier alpha value is -1.94. The third kappa shape index (κ3) is 4.32. The summed E-state index contributed by atoms with van der Waals surface area (Å²) in [6.07, 6.45) is 1.79. The molecular weight excluding hydrogens is 400 g/mol. The van der Waals surface area contributed by atoms with E-state index < -0.39 is 30.1 Å². The van der Waals surface area contributed by atoms with Crippen LogP contribution >= 0.6 is 11.3 Å². The van der Waals surface area contributed by atoms with Gasteiger partial charge in [-0.05, 0) is 22.2 Å². The maximum absolute atomic E-state index is 12.7. The molecule has 0 saturated carbocycles. The molecule has 0 amide bonds. The Kier molecular flexibility index (Phi) is 5.30. The van der Waals surface area contributed by atoms with Gasteiger partial charge in [-0.1, -0.05) is 43.9 Å². The number of thiophene rings is 1. The molecular formula is C18H22N2O4S2Si. The number of carbonyl (C=O) groups is 1. The molecule has 3 rings (SSSR count). The van der Waals surface area contributed by atoms with Crippen LogP contribution in [0.1, 0.15) is 5.56 Å². The van der Waals surface area contributed by atoms with Gasteiger partial charge in [-0.2, -0.15) is 4.72 Å². The first-order chi connectivity index (χ1) is 12.6. The second-order valence-electron chi connectivity index (χ2n) is 7.44. The molecule has 0 radical (unpaired) electrons. The monoisotopic (exact) mass is 422 g/mol. The largest absolute Gasteiger partial charge is 0.480 e. The Morgan fingerprint density at radius 1 is 1.22 bits per heavy atom. The molecule has 0 aliphatic heterocycles. The van der Waals surface area contributed by atoms with Gasteiger partial charge in [-0.25, -0.2) is 8.42 Å². The van der Waals surface area contributed by atoms with Crippen LogP contribution in [0, 0.1) is 0 Å². The average Bonchev–Trinajstić information content (AvgIpc) is 3.21. The maximum Gasteiger partial charge on any atom is 0.322 e. The van der Waals surface area contributed by atoms with Gasteiger partial charge in [0.15, 0.2) is 0 Å². The second kappa shape index (κ2) is 7.23. The molecule has 0 fully saturated rings. The highest BCUT2D eigenvalue weighted by molar-refractivity contribution is 7.91. The smallest absolute Gasteiger partial charge is 0.322 e. The molecule has 3 N–H and O–H groups in total. The SMILES string of the molecule is C[Si](C)(C)c1ccc(S(=O)(=O)N[C@H](Cc2c[nH]c3ccccc23)C(=O)O)s1. The fourth-order valence-corrected chi connectivity index (χ4v) is 7.44. The lowest BCUT2D eigenvalue weighted by atomic mass is 10.1. The van der Waals surface area contributed by atoms with E-state index >= 15 is 0 Å². The highest BCUT2D eigenvalue weighted by Crippen LogP contribution is 2.22. The van der Waals surface area contributed by atoms with Gasteiger partial charge >= 0.3 is 5.97 Å². The number of aliphatic carboxylic acids is 1. The summed E-state index contributed by atoms with van der Waals surface area (Å²) >= 11 is 1.22. The predicted octanol–water partition coefficient (Wildman–Crippen LogP) is 2.75. The van der Waals surface area contributed by atoms with Crippen LogP contribution in [0.4, 0.5) is 0 Å². The number of carboxylic acids is 1. The zero-order chi connectivity index (χ0) is 19.8. The molecule has 6 nitrogen and oxygen atoms in total. The number of sulfonamides is 1. The standard InChI is InChI=1S/C18H22N2O4S2Si/c1-27(2,3)17-9-8-16(25-17)26(23,24)20-15(18(21)22)10-12-11-19-14-7-5-4-6-13(12)14/h4-9,11,15,19-20H,10H2,1-3H3,(H,21,22)/t15-/m1/s1. The third-order valence-corrected chi connectivity index (χ3v) is 10.9. The Bertz CT molecular complexity index is 1080. The van der Waals surface area contributed by atoms with Gasteiger partial charge in [0.05, 0.1) is 8.07 Å². The number of benzene rings is 1. The zero-order valence-electron chi connectivity index (χ0n) is 15.3. The van der Waals surface area contributed by atoms with Crippen LogP contribution in [0.5, 0.6) is 0 Å². The molecule has 2 aromatic heterocycles. The van der Waals surface area contributed by atoms with E-state index in [0.717, 1.165) is 21.0 Å². The van der Waals surface area contributed by atoms with Crippen LogP contribution in [-0.2, 0) is 21.2 Å². The topological polar surface area (TPSA) is 99.3 Å². The first-order valence-corrected chi connectivity index (χ1v) is 14.3. The molecule has 1 aromatic carbocycles. The van der Waals surface area contributed by atoms with Crippen molar-refractivity contribution in [3.63, 3.8) is 0 Å². The number of para-hydroxylation sites is 1. The Labute approximate surface area is 163 Å². The number of rotatable bonds is 7. The summed E-state index contributed by atoms with van der Waals surface area (Å²) < 4.78 is 29.0. The Morgan fingerprint density at radius 2 is 1.93 bits per heavy atom. The van der Waals surface area contributed by atoms with Crippen molar-refractivity contribution in [3.8, 4) is 0 Å². The van der Waals surface area contributed by atoms with Gasteiger partial charge in [0.1, 0.15) is 10.3 Å². The van der Waals surface area contributed by atoms with Crippen LogP contribution in [0.15, 0.2) is 46.8 Å². The number of H-pyrrole nitrogens is 1. The summed E-state index contributed by atoms with van der Waals surface area (Å²) in [5.74, 6) is -1.20. The van der Waals surface area contributed by atoms with E-state index in [-0.39, 0.29) is 10.6 Å². The van der Waals surface area contributed by atoms with Crippen LogP contribution in [0.2, 0.25) is 19.6 Å². The van der Waals surface area contributed by atoms with E-state index in [2.05, 4.69) is 29.3 Å². The van der Waals surface area contributed by atoms with E-state index in [1.54, 1.807) is 12.3 Å². The van der Waals surface area contributed by atoms with Gasteiger partial charge in [0, 0.05) is 23.5 Å². The molecule has 27 heavy (non-hydrogen) atoms. The summed E-state index contributed by atoms with van der Waals surface area (Å²) in [7, 11) is -5.53. The molecule has 0 aliphatic carbocycles. The first kappa shape index (κ1) is 19.8. The second-order valence-corrected chi connectivity index (χ2v) is 15.9. The highest BCUT2D eigenvalue weighted by Gasteiger charge is 2.29. The van der Waals surface area contributed by atoms with Crippen molar-refractivity contribution in [2.75, 3.05) is 0 Å². The summed E-state index contributed by atoms with van der Waals surface area (Å²) in [5.41, 5.74) is 1.65. The van der Waals surface area contributed by atoms with Crippen LogP contribution in [0.25, 0.3) is 10.9 Å². The van der Waals surface area contributed by atoms with Crippen molar-refractivity contribution in [3.05, 3.63) is 48.2 Å². The summed E-state index contributed by atoms with van der Waals surface area (Å²) in [4.78, 5) is 14.8. The quantitative estimate of drug-likeness (QED) is 0.510. The molecule has 144 valence electrons. The maximum atomic E-state index is 12.7. The molecule has 0 spiro atoms. The predicted molar refractivity (Wildman–Crippen MR) is 111 cm³/mol. The summed E-state index contributed by atoms with van der Waals surface area (Å²) in [6, 6.07) is 9.67. The molecule has 1 atom stereocenters. The number of aromatic amines is 1. The van der Waals surface area contributed by atoms with Crippen LogP contribution < -0.4 is 9.22 Å². The number of hydrogen-bond acceptors (Lipinski definition) is 4. The van der Waals surface area contributed by atoms with E-state index in [9.17, 15) is 18.3 Å². The Balaban J connectivity index is 1.85. The fourth-order valence-electron chi connectivity index (χ4n) is 2.81. The lowest BCUT2D eigenvalue weighted by Crippen LogP contribution is -2.42. The number of aromatic nitrogens is 1. The minimum Gasteiger partial charge on any atom is -0.480 e. The number of hydrogen-bond donors (Lipinski definition) is 3. The average molecular weight is 423 g/mol. The van der Waals surface area contributed by atoms with E-state index in [1.807, 2.05) is 30.3 Å². The molecule has 3 aromatic rings. The Morgan fingerprint density at radius 3 is 2.56 bits per heavy atom.